The standard InChI is InChI=1S/C13H14N2O2.ClH/c1-7-12-11(9(6-14-7)13(16)17)8-4-2-3-5-10(8)15-12;/h2-5,7,9,14-15H,6H2,1H3,(H,16,17);1H. The van der Waals surface area contributed by atoms with Crippen molar-refractivity contribution in [3.8, 4) is 0 Å². The molecular weight excluding hydrogens is 252 g/mol. The number of aliphatic carboxylic acids is 1. The summed E-state index contributed by atoms with van der Waals surface area (Å²) in [7, 11) is 0. The monoisotopic (exact) mass is 266 g/mol. The maximum Gasteiger partial charge on any atom is 0.312 e. The normalized spacial score (nSPS) is 22.3. The Kier molecular flexibility index (Phi) is 3.32. The summed E-state index contributed by atoms with van der Waals surface area (Å²) in [4.78, 5) is 14.6. The van der Waals surface area contributed by atoms with Crippen LogP contribution < -0.4 is 5.32 Å². The lowest BCUT2D eigenvalue weighted by Crippen LogP contribution is -2.34. The van der Waals surface area contributed by atoms with Gasteiger partial charge in [0.15, 0.2) is 0 Å². The Hall–Kier alpha value is -1.52. The number of carbonyl (C=O) groups is 1. The van der Waals surface area contributed by atoms with Gasteiger partial charge in [0, 0.05) is 29.2 Å². The molecule has 18 heavy (non-hydrogen) atoms. The Morgan fingerprint density at radius 3 is 2.83 bits per heavy atom. The van der Waals surface area contributed by atoms with E-state index in [1.165, 1.54) is 0 Å². The van der Waals surface area contributed by atoms with Crippen LogP contribution in [0.15, 0.2) is 24.3 Å². The first-order valence-electron chi connectivity index (χ1n) is 5.75. The summed E-state index contributed by atoms with van der Waals surface area (Å²) in [6.45, 7) is 2.54. The van der Waals surface area contributed by atoms with Crippen LogP contribution in [0.5, 0.6) is 0 Å². The number of fused-ring (bicyclic) bond motifs is 3. The highest BCUT2D eigenvalue weighted by Gasteiger charge is 2.32. The number of hydrogen-bond donors (Lipinski definition) is 3. The van der Waals surface area contributed by atoms with E-state index in [0.717, 1.165) is 22.2 Å². The number of hydrogen-bond acceptors (Lipinski definition) is 2. The Balaban J connectivity index is 0.00000120. The fourth-order valence-corrected chi connectivity index (χ4v) is 2.61. The summed E-state index contributed by atoms with van der Waals surface area (Å²) in [5, 5.41) is 13.5. The van der Waals surface area contributed by atoms with Gasteiger partial charge in [0.2, 0.25) is 0 Å². The van der Waals surface area contributed by atoms with Crippen LogP contribution in [-0.2, 0) is 4.79 Å². The fraction of sp³-hybridized carbons (Fsp3) is 0.308. The summed E-state index contributed by atoms with van der Waals surface area (Å²) in [6.07, 6.45) is 0. The number of benzene rings is 1. The molecule has 0 saturated heterocycles. The molecule has 1 aromatic carbocycles. The molecule has 2 heterocycles. The van der Waals surface area contributed by atoms with E-state index in [9.17, 15) is 9.90 Å². The lowest BCUT2D eigenvalue weighted by molar-refractivity contribution is -0.138. The zero-order valence-corrected chi connectivity index (χ0v) is 10.8. The molecule has 96 valence electrons. The van der Waals surface area contributed by atoms with Crippen molar-refractivity contribution in [3.63, 3.8) is 0 Å². The summed E-state index contributed by atoms with van der Waals surface area (Å²) in [5.74, 6) is -1.23. The number of carboxylic acids is 1. The van der Waals surface area contributed by atoms with Gasteiger partial charge in [-0.3, -0.25) is 4.79 Å². The largest absolute Gasteiger partial charge is 0.481 e. The summed E-state index contributed by atoms with van der Waals surface area (Å²) < 4.78 is 0. The van der Waals surface area contributed by atoms with Crippen LogP contribution in [0.1, 0.15) is 30.1 Å². The van der Waals surface area contributed by atoms with Crippen molar-refractivity contribution >= 4 is 29.3 Å². The number of rotatable bonds is 1. The molecule has 3 rings (SSSR count). The highest BCUT2D eigenvalue weighted by molar-refractivity contribution is 5.91. The van der Waals surface area contributed by atoms with E-state index >= 15 is 0 Å². The predicted molar refractivity (Wildman–Crippen MR) is 72.3 cm³/mol. The second-order valence-electron chi connectivity index (χ2n) is 4.52. The maximum absolute atomic E-state index is 11.3. The van der Waals surface area contributed by atoms with Crippen molar-refractivity contribution in [2.24, 2.45) is 0 Å². The van der Waals surface area contributed by atoms with Crippen LogP contribution in [-0.4, -0.2) is 22.6 Å². The molecule has 0 aliphatic carbocycles. The molecule has 1 aromatic heterocycles. The highest BCUT2D eigenvalue weighted by atomic mass is 35.5. The molecule has 0 amide bonds. The van der Waals surface area contributed by atoms with E-state index in [0.29, 0.717) is 6.54 Å². The first-order chi connectivity index (χ1) is 8.18. The van der Waals surface area contributed by atoms with Crippen molar-refractivity contribution in [3.05, 3.63) is 35.5 Å². The predicted octanol–water partition coefficient (Wildman–Crippen LogP) is 2.42. The number of nitrogens with one attached hydrogen (secondary N) is 2. The minimum absolute atomic E-state index is 0. The van der Waals surface area contributed by atoms with Gasteiger partial charge in [0.05, 0.1) is 5.92 Å². The lowest BCUT2D eigenvalue weighted by Gasteiger charge is -2.25. The summed E-state index contributed by atoms with van der Waals surface area (Å²) >= 11 is 0. The van der Waals surface area contributed by atoms with Gasteiger partial charge in [-0.1, -0.05) is 18.2 Å². The quantitative estimate of drug-likeness (QED) is 0.743. The molecule has 0 radical (unpaired) electrons. The molecule has 5 heteroatoms. The highest BCUT2D eigenvalue weighted by Crippen LogP contribution is 2.35. The molecule has 2 unspecified atom stereocenters. The number of para-hydroxylation sites is 1. The molecule has 2 atom stereocenters. The van der Waals surface area contributed by atoms with E-state index in [-0.39, 0.29) is 18.4 Å². The van der Waals surface area contributed by atoms with Crippen LogP contribution >= 0.6 is 12.4 Å². The molecule has 0 fully saturated rings. The van der Waals surface area contributed by atoms with E-state index in [2.05, 4.69) is 10.3 Å². The van der Waals surface area contributed by atoms with Gasteiger partial charge in [-0.15, -0.1) is 12.4 Å². The molecule has 0 bridgehead atoms. The third kappa shape index (κ3) is 1.78. The Bertz CT molecular complexity index is 594. The Morgan fingerprint density at radius 2 is 2.11 bits per heavy atom. The molecular formula is C13H15ClN2O2. The molecule has 1 aliphatic rings. The minimum Gasteiger partial charge on any atom is -0.481 e. The average Bonchev–Trinajstić information content (AvgIpc) is 2.69. The van der Waals surface area contributed by atoms with Crippen molar-refractivity contribution in [1.29, 1.82) is 0 Å². The second kappa shape index (κ2) is 4.63. The zero-order valence-electron chi connectivity index (χ0n) is 9.93. The second-order valence-corrected chi connectivity index (χ2v) is 4.52. The van der Waals surface area contributed by atoms with Crippen LogP contribution in [0.4, 0.5) is 0 Å². The van der Waals surface area contributed by atoms with Crippen molar-refractivity contribution in [1.82, 2.24) is 10.3 Å². The van der Waals surface area contributed by atoms with Crippen molar-refractivity contribution in [2.75, 3.05) is 6.54 Å². The van der Waals surface area contributed by atoms with Gasteiger partial charge in [0.25, 0.3) is 0 Å². The topological polar surface area (TPSA) is 65.1 Å². The first-order valence-corrected chi connectivity index (χ1v) is 5.75. The van der Waals surface area contributed by atoms with E-state index < -0.39 is 11.9 Å². The fourth-order valence-electron chi connectivity index (χ4n) is 2.61. The van der Waals surface area contributed by atoms with E-state index in [1.54, 1.807) is 0 Å². The Morgan fingerprint density at radius 1 is 1.39 bits per heavy atom. The van der Waals surface area contributed by atoms with Crippen molar-refractivity contribution < 1.29 is 9.90 Å². The lowest BCUT2D eigenvalue weighted by atomic mass is 9.90. The van der Waals surface area contributed by atoms with Crippen LogP contribution in [0.3, 0.4) is 0 Å². The smallest absolute Gasteiger partial charge is 0.312 e. The molecule has 3 N–H and O–H groups in total. The minimum atomic E-state index is -0.768. The van der Waals surface area contributed by atoms with E-state index in [4.69, 9.17) is 0 Å². The molecule has 4 nitrogen and oxygen atoms in total. The maximum atomic E-state index is 11.3. The molecule has 1 aliphatic heterocycles. The van der Waals surface area contributed by atoms with Gasteiger partial charge in [-0.2, -0.15) is 0 Å². The van der Waals surface area contributed by atoms with Gasteiger partial charge in [-0.25, -0.2) is 0 Å². The average molecular weight is 267 g/mol. The summed E-state index contributed by atoms with van der Waals surface area (Å²) in [5.41, 5.74) is 2.96. The number of halogens is 1. The molecule has 0 saturated carbocycles. The number of carboxylic acid groups (broad SMARTS) is 1. The number of aromatic nitrogens is 1. The van der Waals surface area contributed by atoms with Gasteiger partial charge < -0.3 is 15.4 Å². The molecule has 2 aromatic rings. The van der Waals surface area contributed by atoms with Gasteiger partial charge >= 0.3 is 5.97 Å². The third-order valence-corrected chi connectivity index (χ3v) is 3.48. The number of aromatic amines is 1. The van der Waals surface area contributed by atoms with Crippen molar-refractivity contribution in [2.45, 2.75) is 18.9 Å². The first kappa shape index (κ1) is 12.9. The SMILES string of the molecule is CC1NCC(C(=O)O)c2c1[nH]c1ccccc21.Cl. The van der Waals surface area contributed by atoms with E-state index in [1.807, 2.05) is 31.2 Å². The Labute approximate surface area is 111 Å². The van der Waals surface area contributed by atoms with Crippen LogP contribution in [0.25, 0.3) is 10.9 Å². The van der Waals surface area contributed by atoms with Crippen LogP contribution in [0.2, 0.25) is 0 Å². The van der Waals surface area contributed by atoms with Gasteiger partial charge in [-0.05, 0) is 18.6 Å². The number of H-pyrrole nitrogens is 1. The van der Waals surface area contributed by atoms with Gasteiger partial charge in [0.1, 0.15) is 0 Å². The zero-order chi connectivity index (χ0) is 12.0. The summed E-state index contributed by atoms with van der Waals surface area (Å²) in [6, 6.07) is 8.05. The van der Waals surface area contributed by atoms with Crippen LogP contribution in [0, 0.1) is 0 Å². The third-order valence-electron chi connectivity index (χ3n) is 3.48. The molecule has 0 spiro atoms.